The fourth-order valence-electron chi connectivity index (χ4n) is 0.959. The molecule has 1 aliphatic heterocycles. The molecule has 0 radical (unpaired) electrons. The molecule has 0 saturated carbocycles. The molecule has 9 heteroatoms. The van der Waals surface area contributed by atoms with Crippen molar-refractivity contribution in [2.45, 2.75) is 25.0 Å². The molecule has 94 valence electrons. The smallest absolute Gasteiger partial charge is 0.377 e. The molecular formula is C8H8O9. The number of aliphatic hydroxyl groups is 1. The van der Waals surface area contributed by atoms with Gasteiger partial charge in [0.2, 0.25) is 0 Å². The average molecular weight is 248 g/mol. The molecule has 9 nitrogen and oxygen atoms in total. The Morgan fingerprint density at radius 2 is 1.59 bits per heavy atom. The van der Waals surface area contributed by atoms with E-state index in [1.807, 2.05) is 0 Å². The zero-order valence-electron chi connectivity index (χ0n) is 8.37. The molecule has 1 atom stereocenters. The molecule has 1 saturated heterocycles. The van der Waals surface area contributed by atoms with E-state index in [0.717, 1.165) is 0 Å². The molecule has 1 rings (SSSR count). The van der Waals surface area contributed by atoms with Crippen LogP contribution in [0.4, 0.5) is 0 Å². The van der Waals surface area contributed by atoms with E-state index in [1.54, 1.807) is 0 Å². The minimum Gasteiger partial charge on any atom is -0.476 e. The molecule has 1 unspecified atom stereocenters. The highest BCUT2D eigenvalue weighted by Crippen LogP contribution is 2.17. The van der Waals surface area contributed by atoms with Gasteiger partial charge in [-0.15, -0.1) is 0 Å². The number of esters is 1. The second-order valence-corrected chi connectivity index (χ2v) is 3.15. The molecule has 0 bridgehead atoms. The lowest BCUT2D eigenvalue weighted by Crippen LogP contribution is -2.46. The molecule has 0 spiro atoms. The molecule has 1 aliphatic rings. The van der Waals surface area contributed by atoms with E-state index in [-0.39, 0.29) is 0 Å². The summed E-state index contributed by atoms with van der Waals surface area (Å²) in [6.07, 6.45) is -2.17. The highest BCUT2D eigenvalue weighted by atomic mass is 17.2. The van der Waals surface area contributed by atoms with Gasteiger partial charge in [0.25, 0.3) is 0 Å². The lowest BCUT2D eigenvalue weighted by Gasteiger charge is -2.22. The van der Waals surface area contributed by atoms with Gasteiger partial charge in [0, 0.05) is 0 Å². The second kappa shape index (κ2) is 4.78. The SMILES string of the molecule is O=C1CCC(=O)OC(O)(C(=O)O)CC(=O)OO1. The number of carboxylic acid groups (broad SMARTS) is 1. The summed E-state index contributed by atoms with van der Waals surface area (Å²) in [5, 5.41) is 18.0. The number of rotatable bonds is 1. The van der Waals surface area contributed by atoms with Gasteiger partial charge >= 0.3 is 29.7 Å². The fourth-order valence-corrected chi connectivity index (χ4v) is 0.959. The van der Waals surface area contributed by atoms with Crippen LogP contribution in [-0.4, -0.2) is 39.9 Å². The predicted molar refractivity (Wildman–Crippen MR) is 44.7 cm³/mol. The van der Waals surface area contributed by atoms with Crippen LogP contribution in [0.15, 0.2) is 0 Å². The number of carboxylic acids is 1. The van der Waals surface area contributed by atoms with Crippen molar-refractivity contribution in [3.8, 4) is 0 Å². The number of ether oxygens (including phenoxy) is 1. The first-order valence-electron chi connectivity index (χ1n) is 4.41. The largest absolute Gasteiger partial charge is 0.476 e. The Morgan fingerprint density at radius 3 is 2.18 bits per heavy atom. The number of carbonyl (C=O) groups excluding carboxylic acids is 3. The fraction of sp³-hybridized carbons (Fsp3) is 0.500. The van der Waals surface area contributed by atoms with Crippen LogP contribution in [0.2, 0.25) is 0 Å². The van der Waals surface area contributed by atoms with E-state index in [0.29, 0.717) is 0 Å². The Labute approximate surface area is 93.8 Å². The van der Waals surface area contributed by atoms with Crippen LogP contribution in [0, 0.1) is 0 Å². The molecule has 1 fully saturated rings. The maximum absolute atomic E-state index is 11.1. The van der Waals surface area contributed by atoms with E-state index < -0.39 is 48.9 Å². The highest BCUT2D eigenvalue weighted by Gasteiger charge is 2.44. The van der Waals surface area contributed by atoms with E-state index in [1.165, 1.54) is 0 Å². The van der Waals surface area contributed by atoms with Crippen molar-refractivity contribution in [3.63, 3.8) is 0 Å². The Hall–Kier alpha value is -2.16. The monoisotopic (exact) mass is 248 g/mol. The van der Waals surface area contributed by atoms with Crippen molar-refractivity contribution < 1.29 is 43.9 Å². The third-order valence-corrected chi connectivity index (χ3v) is 1.76. The van der Waals surface area contributed by atoms with Crippen LogP contribution < -0.4 is 0 Å². The minimum absolute atomic E-state index is 0.470. The standard InChI is InChI=1S/C8H8O9/c9-4-1-2-5(10)16-17-6(11)3-8(14,15-4)7(12)13/h14H,1-3H2,(H,12,13). The lowest BCUT2D eigenvalue weighted by molar-refractivity contribution is -0.271. The molecule has 0 aliphatic carbocycles. The summed E-state index contributed by atoms with van der Waals surface area (Å²) >= 11 is 0. The molecular weight excluding hydrogens is 240 g/mol. The van der Waals surface area contributed by atoms with E-state index >= 15 is 0 Å². The van der Waals surface area contributed by atoms with Gasteiger partial charge in [0.15, 0.2) is 0 Å². The quantitative estimate of drug-likeness (QED) is 0.419. The third kappa shape index (κ3) is 3.41. The second-order valence-electron chi connectivity index (χ2n) is 3.15. The Bertz CT molecular complexity index is 347. The predicted octanol–water partition coefficient (Wildman–Crippen LogP) is -1.51. The molecule has 0 aromatic heterocycles. The van der Waals surface area contributed by atoms with Gasteiger partial charge in [-0.1, -0.05) is 0 Å². The van der Waals surface area contributed by atoms with Gasteiger partial charge in [-0.05, 0) is 0 Å². The van der Waals surface area contributed by atoms with Crippen molar-refractivity contribution in [2.24, 2.45) is 0 Å². The maximum atomic E-state index is 11.1. The first-order chi connectivity index (χ1) is 7.83. The average Bonchev–Trinajstić information content (AvgIpc) is 2.22. The van der Waals surface area contributed by atoms with Crippen LogP contribution in [-0.2, 0) is 33.7 Å². The summed E-state index contributed by atoms with van der Waals surface area (Å²) in [6.45, 7) is 0. The van der Waals surface area contributed by atoms with Gasteiger partial charge in [0.1, 0.15) is 6.42 Å². The number of hydrogen-bond donors (Lipinski definition) is 2. The van der Waals surface area contributed by atoms with Crippen molar-refractivity contribution in [1.29, 1.82) is 0 Å². The van der Waals surface area contributed by atoms with Gasteiger partial charge < -0.3 is 14.9 Å². The third-order valence-electron chi connectivity index (χ3n) is 1.76. The summed E-state index contributed by atoms with van der Waals surface area (Å²) in [7, 11) is 0. The van der Waals surface area contributed by atoms with Gasteiger partial charge in [-0.3, -0.25) is 4.79 Å². The number of aliphatic carboxylic acids is 1. The zero-order valence-corrected chi connectivity index (χ0v) is 8.37. The number of carbonyl (C=O) groups is 4. The molecule has 1 heterocycles. The van der Waals surface area contributed by atoms with Gasteiger partial charge in [0.05, 0.1) is 12.8 Å². The highest BCUT2D eigenvalue weighted by molar-refractivity contribution is 5.87. The lowest BCUT2D eigenvalue weighted by atomic mass is 10.2. The van der Waals surface area contributed by atoms with Crippen molar-refractivity contribution >= 4 is 23.9 Å². The molecule has 0 aromatic carbocycles. The number of hydrogen-bond acceptors (Lipinski definition) is 8. The zero-order chi connectivity index (χ0) is 13.1. The van der Waals surface area contributed by atoms with Crippen molar-refractivity contribution in [2.75, 3.05) is 0 Å². The summed E-state index contributed by atoms with van der Waals surface area (Å²) in [4.78, 5) is 51.3. The topological polar surface area (TPSA) is 136 Å². The molecule has 2 N–H and O–H groups in total. The minimum atomic E-state index is -3.03. The Balaban J connectivity index is 2.87. The van der Waals surface area contributed by atoms with Crippen LogP contribution >= 0.6 is 0 Å². The summed E-state index contributed by atoms with van der Waals surface area (Å²) < 4.78 is 4.20. The van der Waals surface area contributed by atoms with Crippen LogP contribution in [0.3, 0.4) is 0 Å². The van der Waals surface area contributed by atoms with Crippen molar-refractivity contribution in [1.82, 2.24) is 0 Å². The van der Waals surface area contributed by atoms with Crippen LogP contribution in [0.1, 0.15) is 19.3 Å². The molecule has 0 aromatic rings. The maximum Gasteiger partial charge on any atom is 0.377 e. The Morgan fingerprint density at radius 1 is 1.06 bits per heavy atom. The van der Waals surface area contributed by atoms with E-state index in [9.17, 15) is 24.3 Å². The van der Waals surface area contributed by atoms with Crippen LogP contribution in [0.5, 0.6) is 0 Å². The summed E-state index contributed by atoms with van der Waals surface area (Å²) in [6, 6.07) is 0. The molecule has 0 amide bonds. The first kappa shape index (κ1) is 12.9. The van der Waals surface area contributed by atoms with E-state index in [4.69, 9.17) is 5.11 Å². The van der Waals surface area contributed by atoms with Crippen LogP contribution in [0.25, 0.3) is 0 Å². The Kier molecular flexibility index (Phi) is 3.63. The summed E-state index contributed by atoms with van der Waals surface area (Å²) in [5.41, 5.74) is 0. The normalized spacial score (nSPS) is 26.5. The van der Waals surface area contributed by atoms with Gasteiger partial charge in [-0.25, -0.2) is 24.2 Å². The number of cyclic esters (lactones) is 1. The molecule has 17 heavy (non-hydrogen) atoms. The first-order valence-corrected chi connectivity index (χ1v) is 4.41. The van der Waals surface area contributed by atoms with E-state index in [2.05, 4.69) is 14.5 Å². The van der Waals surface area contributed by atoms with Crippen molar-refractivity contribution in [3.05, 3.63) is 0 Å². The summed E-state index contributed by atoms with van der Waals surface area (Å²) in [5.74, 6) is -8.47. The van der Waals surface area contributed by atoms with Gasteiger partial charge in [-0.2, -0.15) is 0 Å².